The summed E-state index contributed by atoms with van der Waals surface area (Å²) in [5.41, 5.74) is 2.65. The molecule has 1 aliphatic heterocycles. The summed E-state index contributed by atoms with van der Waals surface area (Å²) in [7, 11) is 0. The average Bonchev–Trinajstić information content (AvgIpc) is 2.64. The molecule has 0 bridgehead atoms. The fourth-order valence-corrected chi connectivity index (χ4v) is 3.62. The number of aromatic nitrogens is 1. The number of amides is 1. The zero-order valence-corrected chi connectivity index (χ0v) is 14.6. The Morgan fingerprint density at radius 3 is 2.73 bits per heavy atom. The van der Waals surface area contributed by atoms with Crippen molar-refractivity contribution in [2.75, 3.05) is 6.61 Å². The molecule has 2 heterocycles. The van der Waals surface area contributed by atoms with Gasteiger partial charge in [0.2, 0.25) is 5.91 Å². The van der Waals surface area contributed by atoms with E-state index < -0.39 is 12.1 Å². The van der Waals surface area contributed by atoms with E-state index >= 15 is 0 Å². The van der Waals surface area contributed by atoms with Crippen LogP contribution < -0.4 is 0 Å². The molecule has 5 nitrogen and oxygen atoms in total. The maximum Gasteiger partial charge on any atom is 0.230 e. The second-order valence-corrected chi connectivity index (χ2v) is 6.28. The molecular formula is C21H21N3O2. The lowest BCUT2D eigenvalue weighted by Crippen LogP contribution is -2.65. The van der Waals surface area contributed by atoms with Crippen molar-refractivity contribution in [1.29, 1.82) is 5.26 Å². The summed E-state index contributed by atoms with van der Waals surface area (Å²) < 4.78 is 0. The number of allylic oxidation sites excluding steroid dienone is 1. The normalized spacial score (nSPS) is 22.0. The number of pyridine rings is 1. The van der Waals surface area contributed by atoms with E-state index in [0.29, 0.717) is 5.69 Å². The molecule has 3 rings (SSSR count). The lowest BCUT2D eigenvalue weighted by molar-refractivity contribution is -0.146. The van der Waals surface area contributed by atoms with Gasteiger partial charge in [0, 0.05) is 17.8 Å². The largest absolute Gasteiger partial charge is 0.394 e. The van der Waals surface area contributed by atoms with Crippen LogP contribution in [0.15, 0.2) is 54.7 Å². The lowest BCUT2D eigenvalue weighted by Gasteiger charge is -2.52. The third kappa shape index (κ3) is 3.24. The molecule has 1 fully saturated rings. The predicted octanol–water partition coefficient (Wildman–Crippen LogP) is 2.54. The van der Waals surface area contributed by atoms with Gasteiger partial charge in [-0.05, 0) is 30.2 Å². The molecule has 0 saturated carbocycles. The van der Waals surface area contributed by atoms with E-state index in [1.807, 2.05) is 49.4 Å². The Bertz CT molecular complexity index is 842. The molecule has 0 aliphatic carbocycles. The summed E-state index contributed by atoms with van der Waals surface area (Å²) in [6, 6.07) is 14.5. The molecule has 26 heavy (non-hydrogen) atoms. The van der Waals surface area contributed by atoms with Crippen molar-refractivity contribution in [2.45, 2.75) is 31.3 Å². The van der Waals surface area contributed by atoms with Crippen molar-refractivity contribution >= 4 is 12.0 Å². The van der Waals surface area contributed by atoms with Gasteiger partial charge in [0.25, 0.3) is 0 Å². The minimum Gasteiger partial charge on any atom is -0.394 e. The molecular weight excluding hydrogens is 326 g/mol. The van der Waals surface area contributed by atoms with Gasteiger partial charge in [0.1, 0.15) is 6.04 Å². The van der Waals surface area contributed by atoms with Gasteiger partial charge >= 0.3 is 0 Å². The van der Waals surface area contributed by atoms with Crippen LogP contribution in [-0.2, 0) is 11.2 Å². The van der Waals surface area contributed by atoms with Gasteiger partial charge < -0.3 is 10.0 Å². The van der Waals surface area contributed by atoms with Crippen molar-refractivity contribution in [1.82, 2.24) is 9.88 Å². The fourth-order valence-electron chi connectivity index (χ4n) is 3.62. The highest BCUT2D eigenvalue weighted by Gasteiger charge is 2.51. The van der Waals surface area contributed by atoms with Crippen LogP contribution in [0.1, 0.15) is 29.7 Å². The van der Waals surface area contributed by atoms with E-state index in [0.717, 1.165) is 11.1 Å². The second kappa shape index (κ2) is 7.94. The van der Waals surface area contributed by atoms with E-state index in [9.17, 15) is 15.2 Å². The van der Waals surface area contributed by atoms with Crippen molar-refractivity contribution in [3.63, 3.8) is 0 Å². The zero-order chi connectivity index (χ0) is 18.5. The maximum absolute atomic E-state index is 12.7. The molecule has 5 heteroatoms. The van der Waals surface area contributed by atoms with Crippen molar-refractivity contribution in [3.05, 3.63) is 71.6 Å². The van der Waals surface area contributed by atoms with E-state index in [1.54, 1.807) is 18.3 Å². The lowest BCUT2D eigenvalue weighted by atomic mass is 9.74. The zero-order valence-electron chi connectivity index (χ0n) is 14.6. The molecule has 1 aromatic heterocycles. The van der Waals surface area contributed by atoms with Crippen molar-refractivity contribution in [3.8, 4) is 6.07 Å². The Morgan fingerprint density at radius 2 is 2.08 bits per heavy atom. The van der Waals surface area contributed by atoms with Crippen LogP contribution >= 0.6 is 0 Å². The van der Waals surface area contributed by atoms with Gasteiger partial charge in [0.05, 0.1) is 25.1 Å². The summed E-state index contributed by atoms with van der Waals surface area (Å²) >= 11 is 0. The number of rotatable bonds is 5. The highest BCUT2D eigenvalue weighted by Crippen LogP contribution is 2.42. The highest BCUT2D eigenvalue weighted by atomic mass is 16.3. The number of nitriles is 1. The number of hydrogen-bond donors (Lipinski definition) is 1. The molecule has 1 aliphatic rings. The monoisotopic (exact) mass is 347 g/mol. The summed E-state index contributed by atoms with van der Waals surface area (Å²) in [6.45, 7) is 1.76. The van der Waals surface area contributed by atoms with Crippen LogP contribution in [-0.4, -0.2) is 39.6 Å². The number of nitrogens with zero attached hydrogens (tertiary/aromatic N) is 3. The van der Waals surface area contributed by atoms with Gasteiger partial charge in [-0.15, -0.1) is 0 Å². The molecule has 2 aromatic rings. The van der Waals surface area contributed by atoms with E-state index in [4.69, 9.17) is 0 Å². The smallest absolute Gasteiger partial charge is 0.230 e. The number of likely N-dealkylation sites (tertiary alicyclic amines) is 1. The second-order valence-electron chi connectivity index (χ2n) is 6.28. The molecule has 132 valence electrons. The van der Waals surface area contributed by atoms with Gasteiger partial charge in [-0.2, -0.15) is 5.26 Å². The highest BCUT2D eigenvalue weighted by molar-refractivity contribution is 5.81. The first-order chi connectivity index (χ1) is 12.7. The van der Waals surface area contributed by atoms with Crippen LogP contribution in [0, 0.1) is 11.3 Å². The van der Waals surface area contributed by atoms with E-state index in [1.165, 1.54) is 4.90 Å². The first-order valence-corrected chi connectivity index (χ1v) is 8.64. The summed E-state index contributed by atoms with van der Waals surface area (Å²) in [5.74, 6) is -0.390. The maximum atomic E-state index is 12.7. The van der Waals surface area contributed by atoms with Crippen molar-refractivity contribution < 1.29 is 9.90 Å². The third-order valence-corrected chi connectivity index (χ3v) is 4.78. The van der Waals surface area contributed by atoms with Crippen LogP contribution in [0.4, 0.5) is 0 Å². The number of carbonyl (C=O) groups is 1. The molecule has 0 spiro atoms. The van der Waals surface area contributed by atoms with Crippen LogP contribution in [0.5, 0.6) is 0 Å². The first kappa shape index (κ1) is 17.8. The number of hydrogen-bond acceptors (Lipinski definition) is 4. The van der Waals surface area contributed by atoms with Gasteiger partial charge in [0.15, 0.2) is 0 Å². The minimum absolute atomic E-state index is 0.124. The number of benzene rings is 1. The average molecular weight is 347 g/mol. The molecule has 0 unspecified atom stereocenters. The summed E-state index contributed by atoms with van der Waals surface area (Å²) in [4.78, 5) is 18.4. The van der Waals surface area contributed by atoms with E-state index in [2.05, 4.69) is 11.1 Å². The van der Waals surface area contributed by atoms with Gasteiger partial charge in [-0.25, -0.2) is 0 Å². The van der Waals surface area contributed by atoms with Crippen LogP contribution in [0.25, 0.3) is 6.08 Å². The van der Waals surface area contributed by atoms with Crippen LogP contribution in [0.3, 0.4) is 0 Å². The Kier molecular flexibility index (Phi) is 5.45. The standard InChI is InChI=1S/C21H21N3O2/c1-2-7-15-8-3-4-10-17(15)21-18(13-22)24(19(21)14-25)20(26)12-16-9-5-6-11-23-16/h2-11,18-19,21,25H,12,14H2,1H3/b7-2+/t18-,19+,21-/m0/s1. The molecule has 3 atom stereocenters. The number of aliphatic hydroxyl groups is 1. The number of aliphatic hydroxyl groups excluding tert-OH is 1. The molecule has 1 aromatic carbocycles. The Hall–Kier alpha value is -2.97. The summed E-state index contributed by atoms with van der Waals surface area (Å²) in [6.07, 6.45) is 5.69. The Morgan fingerprint density at radius 1 is 1.31 bits per heavy atom. The topological polar surface area (TPSA) is 77.2 Å². The van der Waals surface area contributed by atoms with Gasteiger partial charge in [-0.1, -0.05) is 42.5 Å². The Balaban J connectivity index is 1.87. The SMILES string of the molecule is C/C=C/c1ccccc1[C@@H]1[C@@H](CO)N(C(=O)Cc2ccccn2)[C@H]1C#N. The minimum atomic E-state index is -0.588. The predicted molar refractivity (Wildman–Crippen MR) is 99.0 cm³/mol. The molecule has 1 saturated heterocycles. The fraction of sp³-hybridized carbons (Fsp3) is 0.286. The first-order valence-electron chi connectivity index (χ1n) is 8.64. The van der Waals surface area contributed by atoms with Gasteiger partial charge in [-0.3, -0.25) is 9.78 Å². The summed E-state index contributed by atoms with van der Waals surface area (Å²) in [5, 5.41) is 19.6. The third-order valence-electron chi connectivity index (χ3n) is 4.78. The quantitative estimate of drug-likeness (QED) is 0.902. The van der Waals surface area contributed by atoms with Crippen molar-refractivity contribution in [2.24, 2.45) is 0 Å². The Labute approximate surface area is 153 Å². The number of carbonyl (C=O) groups excluding carboxylic acids is 1. The van der Waals surface area contributed by atoms with E-state index in [-0.39, 0.29) is 24.9 Å². The molecule has 0 radical (unpaired) electrons. The molecule has 1 amide bonds. The van der Waals surface area contributed by atoms with Crippen LogP contribution in [0.2, 0.25) is 0 Å². The molecule has 1 N–H and O–H groups in total.